The molecule has 8 heteroatoms. The van der Waals surface area contributed by atoms with Crippen molar-refractivity contribution in [3.63, 3.8) is 0 Å². The molecule has 2 aromatic rings. The molecular weight excluding hydrogens is 526 g/mol. The van der Waals surface area contributed by atoms with E-state index in [1.807, 2.05) is 45.2 Å². The minimum absolute atomic E-state index is 0.163. The van der Waals surface area contributed by atoms with Crippen LogP contribution in [0.25, 0.3) is 0 Å². The van der Waals surface area contributed by atoms with E-state index in [1.54, 1.807) is 30.3 Å². The predicted octanol–water partition coefficient (Wildman–Crippen LogP) is 3.09. The summed E-state index contributed by atoms with van der Waals surface area (Å²) < 4.78 is 11.9. The second-order valence-electron chi connectivity index (χ2n) is 4.60. The number of amides is 1. The first-order valence-corrected chi connectivity index (χ1v) is 8.61. The summed E-state index contributed by atoms with van der Waals surface area (Å²) in [5, 5.41) is 13.7. The Balaban J connectivity index is 1.69. The number of aromatic hydroxyl groups is 1. The zero-order valence-electron chi connectivity index (χ0n) is 11.5. The fourth-order valence-electron chi connectivity index (χ4n) is 1.93. The maximum atomic E-state index is 12.1. The van der Waals surface area contributed by atoms with Crippen molar-refractivity contribution >= 4 is 57.3 Å². The number of hydrazone groups is 1. The van der Waals surface area contributed by atoms with Crippen molar-refractivity contribution in [1.29, 1.82) is 0 Å². The summed E-state index contributed by atoms with van der Waals surface area (Å²) in [5.74, 6) is 1.07. The zero-order chi connectivity index (χ0) is 16.4. The molecule has 118 valence electrons. The highest BCUT2D eigenvalue weighted by molar-refractivity contribution is 14.1. The zero-order valence-corrected chi connectivity index (χ0v) is 15.9. The molecule has 0 fully saturated rings. The number of fused-ring (bicyclic) bond motifs is 1. The summed E-state index contributed by atoms with van der Waals surface area (Å²) in [6.45, 7) is 0.163. The molecule has 6 nitrogen and oxygen atoms in total. The van der Waals surface area contributed by atoms with Gasteiger partial charge in [-0.15, -0.1) is 0 Å². The molecule has 0 aromatic heterocycles. The molecule has 2 aromatic carbocycles. The van der Waals surface area contributed by atoms with Crippen LogP contribution in [0.15, 0.2) is 35.4 Å². The van der Waals surface area contributed by atoms with E-state index in [-0.39, 0.29) is 18.4 Å². The van der Waals surface area contributed by atoms with Crippen molar-refractivity contribution in [2.45, 2.75) is 0 Å². The number of ether oxygens (including phenoxy) is 2. The van der Waals surface area contributed by atoms with E-state index in [0.29, 0.717) is 17.1 Å². The van der Waals surface area contributed by atoms with Gasteiger partial charge in [0.05, 0.1) is 13.4 Å². The van der Waals surface area contributed by atoms with Gasteiger partial charge >= 0.3 is 0 Å². The van der Waals surface area contributed by atoms with Crippen LogP contribution in [-0.4, -0.2) is 24.0 Å². The number of hydrogen-bond acceptors (Lipinski definition) is 5. The van der Waals surface area contributed by atoms with E-state index in [9.17, 15) is 9.90 Å². The molecule has 1 aliphatic heterocycles. The smallest absolute Gasteiger partial charge is 0.271 e. The molecule has 2 N–H and O–H groups in total. The number of hydrogen-bond donors (Lipinski definition) is 2. The Labute approximate surface area is 159 Å². The summed E-state index contributed by atoms with van der Waals surface area (Å²) in [5.41, 5.74) is 3.67. The second kappa shape index (κ2) is 6.91. The van der Waals surface area contributed by atoms with E-state index in [0.717, 1.165) is 12.7 Å². The van der Waals surface area contributed by atoms with Crippen LogP contribution in [-0.2, 0) is 0 Å². The molecule has 1 heterocycles. The molecule has 23 heavy (non-hydrogen) atoms. The van der Waals surface area contributed by atoms with Gasteiger partial charge < -0.3 is 14.6 Å². The summed E-state index contributed by atoms with van der Waals surface area (Å²) >= 11 is 4.07. The second-order valence-corrected chi connectivity index (χ2v) is 6.92. The lowest BCUT2D eigenvalue weighted by Gasteiger charge is -2.03. The van der Waals surface area contributed by atoms with Gasteiger partial charge in [-0.25, -0.2) is 5.43 Å². The maximum Gasteiger partial charge on any atom is 0.271 e. The highest BCUT2D eigenvalue weighted by atomic mass is 127. The molecule has 0 saturated carbocycles. The first kappa shape index (κ1) is 16.3. The molecule has 0 spiro atoms. The lowest BCUT2D eigenvalue weighted by molar-refractivity contribution is 0.0954. The average molecular weight is 536 g/mol. The van der Waals surface area contributed by atoms with Crippen LogP contribution in [0.2, 0.25) is 0 Å². The molecule has 0 bridgehead atoms. The largest absolute Gasteiger partial charge is 0.506 e. The quantitative estimate of drug-likeness (QED) is 0.360. The molecular formula is C15H10I2N2O4. The Hall–Kier alpha value is -1.56. The van der Waals surface area contributed by atoms with Crippen molar-refractivity contribution < 1.29 is 19.4 Å². The van der Waals surface area contributed by atoms with E-state index in [4.69, 9.17) is 9.47 Å². The van der Waals surface area contributed by atoms with Gasteiger partial charge in [0.15, 0.2) is 11.5 Å². The van der Waals surface area contributed by atoms with E-state index in [1.165, 1.54) is 6.21 Å². The summed E-state index contributed by atoms with van der Waals surface area (Å²) in [4.78, 5) is 12.1. The Morgan fingerprint density at radius 3 is 2.61 bits per heavy atom. The van der Waals surface area contributed by atoms with Crippen molar-refractivity contribution in [2.24, 2.45) is 5.10 Å². The van der Waals surface area contributed by atoms with Crippen LogP contribution in [0.5, 0.6) is 17.2 Å². The minimum atomic E-state index is -0.345. The van der Waals surface area contributed by atoms with E-state index < -0.39 is 0 Å². The first-order chi connectivity index (χ1) is 11.0. The van der Waals surface area contributed by atoms with Gasteiger partial charge in [0.1, 0.15) is 5.75 Å². The van der Waals surface area contributed by atoms with Crippen LogP contribution < -0.4 is 14.9 Å². The lowest BCUT2D eigenvalue weighted by atomic mass is 10.2. The van der Waals surface area contributed by atoms with Crippen molar-refractivity contribution in [2.75, 3.05) is 6.79 Å². The number of carbonyl (C=O) groups is 1. The van der Waals surface area contributed by atoms with Gasteiger partial charge in [0, 0.05) is 5.56 Å². The van der Waals surface area contributed by atoms with Gasteiger partial charge in [-0.1, -0.05) is 0 Å². The predicted molar refractivity (Wildman–Crippen MR) is 101 cm³/mol. The Bertz CT molecular complexity index is 785. The number of nitrogens with zero attached hydrogens (tertiary/aromatic N) is 1. The summed E-state index contributed by atoms with van der Waals surface area (Å²) in [7, 11) is 0. The normalized spacial score (nSPS) is 12.6. The molecule has 0 radical (unpaired) electrons. The number of phenols is 1. The van der Waals surface area contributed by atoms with Gasteiger partial charge in [-0.2, -0.15) is 5.10 Å². The average Bonchev–Trinajstić information content (AvgIpc) is 2.99. The van der Waals surface area contributed by atoms with E-state index >= 15 is 0 Å². The Kier molecular flexibility index (Phi) is 4.90. The number of carbonyl (C=O) groups excluding carboxylic acids is 1. The fourth-order valence-corrected chi connectivity index (χ4v) is 3.74. The molecule has 3 rings (SSSR count). The molecule has 0 saturated heterocycles. The van der Waals surface area contributed by atoms with Crippen LogP contribution in [0.4, 0.5) is 0 Å². The summed E-state index contributed by atoms with van der Waals surface area (Å²) in [6.07, 6.45) is 1.52. The highest BCUT2D eigenvalue weighted by Gasteiger charge is 2.15. The third-order valence-corrected chi connectivity index (χ3v) is 4.70. The van der Waals surface area contributed by atoms with Gasteiger partial charge in [-0.05, 0) is 81.1 Å². The Morgan fingerprint density at radius 2 is 1.87 bits per heavy atom. The van der Waals surface area contributed by atoms with Crippen molar-refractivity contribution in [3.8, 4) is 17.2 Å². The fraction of sp³-hybridized carbons (Fsp3) is 0.0667. The number of nitrogens with one attached hydrogen (secondary N) is 1. The van der Waals surface area contributed by atoms with Crippen LogP contribution >= 0.6 is 45.2 Å². The SMILES string of the molecule is O=C(N/N=C\c1cc(I)c(O)c(I)c1)c1ccc2c(c1)OCO2. The number of phenolic OH excluding ortho intramolecular Hbond substituents is 1. The van der Waals surface area contributed by atoms with Crippen LogP contribution in [0.3, 0.4) is 0 Å². The summed E-state index contributed by atoms with van der Waals surface area (Å²) in [6, 6.07) is 8.48. The van der Waals surface area contributed by atoms with Gasteiger partial charge in [0.2, 0.25) is 6.79 Å². The Morgan fingerprint density at radius 1 is 1.17 bits per heavy atom. The standard InChI is InChI=1S/C15H10I2N2O4/c16-10-3-8(4-11(17)14(10)20)6-18-19-15(21)9-1-2-12-13(5-9)23-7-22-12/h1-6,20H,7H2,(H,19,21)/b18-6-. The lowest BCUT2D eigenvalue weighted by Crippen LogP contribution is -2.17. The minimum Gasteiger partial charge on any atom is -0.506 e. The van der Waals surface area contributed by atoms with Crippen molar-refractivity contribution in [3.05, 3.63) is 48.6 Å². The molecule has 0 unspecified atom stereocenters. The van der Waals surface area contributed by atoms with Crippen LogP contribution in [0, 0.1) is 7.14 Å². The van der Waals surface area contributed by atoms with E-state index in [2.05, 4.69) is 10.5 Å². The number of halogens is 2. The monoisotopic (exact) mass is 536 g/mol. The first-order valence-electron chi connectivity index (χ1n) is 6.45. The maximum absolute atomic E-state index is 12.1. The highest BCUT2D eigenvalue weighted by Crippen LogP contribution is 2.32. The van der Waals surface area contributed by atoms with Gasteiger partial charge in [0.25, 0.3) is 5.91 Å². The molecule has 0 atom stereocenters. The topological polar surface area (TPSA) is 80.2 Å². The molecule has 1 aliphatic rings. The third-order valence-electron chi connectivity index (χ3n) is 3.05. The number of benzene rings is 2. The number of rotatable bonds is 3. The van der Waals surface area contributed by atoms with Crippen LogP contribution in [0.1, 0.15) is 15.9 Å². The molecule has 1 amide bonds. The molecule has 0 aliphatic carbocycles. The third kappa shape index (κ3) is 3.68. The van der Waals surface area contributed by atoms with Crippen molar-refractivity contribution in [1.82, 2.24) is 5.43 Å². The van der Waals surface area contributed by atoms with Gasteiger partial charge in [-0.3, -0.25) is 4.79 Å².